The van der Waals surface area contributed by atoms with Crippen molar-refractivity contribution in [1.82, 2.24) is 4.90 Å². The standard InChI is InChI=1S/C26H25Cl2N3O3/c1-2-30(16-17-8-4-3-5-9-17)12-13-31-22-15-18(24(29)32)14-21(28)23(22)26(34,25(31)33)19-10-6-7-11-20(19)27/h3-11,14-15,34H,2,12-13,16H2,1H3,(H2,29,32). The van der Waals surface area contributed by atoms with Gasteiger partial charge in [0, 0.05) is 41.3 Å². The number of nitrogens with zero attached hydrogens (tertiary/aromatic N) is 2. The average Bonchev–Trinajstić information content (AvgIpc) is 3.04. The first kappa shape index (κ1) is 24.2. The Hall–Kier alpha value is -2.90. The maximum Gasteiger partial charge on any atom is 0.268 e. The van der Waals surface area contributed by atoms with E-state index < -0.39 is 17.4 Å². The lowest BCUT2D eigenvalue weighted by Crippen LogP contribution is -2.44. The van der Waals surface area contributed by atoms with E-state index in [-0.39, 0.29) is 33.3 Å². The minimum Gasteiger partial charge on any atom is -0.372 e. The highest BCUT2D eigenvalue weighted by Crippen LogP contribution is 2.49. The van der Waals surface area contributed by atoms with E-state index in [9.17, 15) is 14.7 Å². The van der Waals surface area contributed by atoms with Crippen LogP contribution in [0.5, 0.6) is 0 Å². The van der Waals surface area contributed by atoms with Crippen molar-refractivity contribution in [3.05, 3.63) is 99.0 Å². The largest absolute Gasteiger partial charge is 0.372 e. The first-order valence-electron chi connectivity index (χ1n) is 11.0. The number of rotatable bonds is 8. The molecule has 176 valence electrons. The molecule has 3 aromatic carbocycles. The zero-order valence-electron chi connectivity index (χ0n) is 18.7. The quantitative estimate of drug-likeness (QED) is 0.488. The van der Waals surface area contributed by atoms with Crippen LogP contribution in [0, 0.1) is 0 Å². The Balaban J connectivity index is 1.73. The molecule has 0 saturated heterocycles. The SMILES string of the molecule is CCN(CCN1C(=O)C(O)(c2ccccc2Cl)c2c(Cl)cc(C(N)=O)cc21)Cc1ccccc1. The van der Waals surface area contributed by atoms with Gasteiger partial charge in [-0.15, -0.1) is 0 Å². The summed E-state index contributed by atoms with van der Waals surface area (Å²) in [6.45, 7) is 4.33. The fourth-order valence-electron chi connectivity index (χ4n) is 4.38. The van der Waals surface area contributed by atoms with Crippen LogP contribution in [0.4, 0.5) is 5.69 Å². The Labute approximate surface area is 208 Å². The number of likely N-dealkylation sites (N-methyl/N-ethyl adjacent to an activating group) is 1. The van der Waals surface area contributed by atoms with Gasteiger partial charge in [-0.2, -0.15) is 0 Å². The number of primary amides is 1. The van der Waals surface area contributed by atoms with E-state index in [1.54, 1.807) is 24.3 Å². The van der Waals surface area contributed by atoms with Crippen LogP contribution in [-0.2, 0) is 16.9 Å². The van der Waals surface area contributed by atoms with Crippen molar-refractivity contribution in [3.63, 3.8) is 0 Å². The summed E-state index contributed by atoms with van der Waals surface area (Å²) in [5.74, 6) is -1.25. The molecule has 1 aliphatic rings. The number of aliphatic hydroxyl groups is 1. The van der Waals surface area contributed by atoms with Gasteiger partial charge in [-0.3, -0.25) is 14.5 Å². The average molecular weight is 498 g/mol. The number of amides is 2. The lowest BCUT2D eigenvalue weighted by Gasteiger charge is -2.27. The monoisotopic (exact) mass is 497 g/mol. The summed E-state index contributed by atoms with van der Waals surface area (Å²) in [6.07, 6.45) is 0. The van der Waals surface area contributed by atoms with Crippen LogP contribution >= 0.6 is 23.2 Å². The van der Waals surface area contributed by atoms with E-state index in [0.29, 0.717) is 18.8 Å². The van der Waals surface area contributed by atoms with Crippen LogP contribution in [-0.4, -0.2) is 41.5 Å². The van der Waals surface area contributed by atoms with E-state index in [4.69, 9.17) is 28.9 Å². The maximum absolute atomic E-state index is 13.8. The van der Waals surface area contributed by atoms with Crippen molar-refractivity contribution >= 4 is 40.7 Å². The Morgan fingerprint density at radius 3 is 2.38 bits per heavy atom. The van der Waals surface area contributed by atoms with Crippen molar-refractivity contribution in [1.29, 1.82) is 0 Å². The molecule has 4 rings (SSSR count). The van der Waals surface area contributed by atoms with E-state index >= 15 is 0 Å². The topological polar surface area (TPSA) is 86.9 Å². The van der Waals surface area contributed by atoms with E-state index in [1.165, 1.54) is 17.0 Å². The number of carbonyl (C=O) groups is 2. The third-order valence-electron chi connectivity index (χ3n) is 6.16. The number of hydrogen-bond acceptors (Lipinski definition) is 4. The molecule has 1 atom stereocenters. The normalized spacial score (nSPS) is 17.3. The summed E-state index contributed by atoms with van der Waals surface area (Å²) in [5, 5.41) is 12.1. The van der Waals surface area contributed by atoms with Gasteiger partial charge in [0.1, 0.15) is 0 Å². The summed E-state index contributed by atoms with van der Waals surface area (Å²) >= 11 is 12.9. The zero-order valence-corrected chi connectivity index (χ0v) is 20.2. The Kier molecular flexibility index (Phi) is 6.96. The van der Waals surface area contributed by atoms with Gasteiger partial charge < -0.3 is 15.7 Å². The minimum atomic E-state index is -2.09. The number of nitrogens with two attached hydrogens (primary N) is 1. The van der Waals surface area contributed by atoms with Crippen molar-refractivity contribution in [2.75, 3.05) is 24.5 Å². The molecule has 2 amide bonds. The van der Waals surface area contributed by atoms with Crippen LogP contribution in [0.3, 0.4) is 0 Å². The predicted molar refractivity (Wildman–Crippen MR) is 134 cm³/mol. The number of hydrogen-bond donors (Lipinski definition) is 2. The molecular formula is C26H25Cl2N3O3. The zero-order chi connectivity index (χ0) is 24.5. The summed E-state index contributed by atoms with van der Waals surface area (Å²) < 4.78 is 0. The van der Waals surface area contributed by atoms with Crippen LogP contribution in [0.2, 0.25) is 10.0 Å². The van der Waals surface area contributed by atoms with Crippen molar-refractivity contribution in [2.45, 2.75) is 19.1 Å². The lowest BCUT2D eigenvalue weighted by molar-refractivity contribution is -0.132. The van der Waals surface area contributed by atoms with Crippen LogP contribution in [0.1, 0.15) is 34.0 Å². The maximum atomic E-state index is 13.8. The third-order valence-corrected chi connectivity index (χ3v) is 6.79. The molecule has 0 aliphatic carbocycles. The fourth-order valence-corrected chi connectivity index (χ4v) is 5.00. The van der Waals surface area contributed by atoms with Gasteiger partial charge in [0.25, 0.3) is 5.91 Å². The molecule has 1 aliphatic heterocycles. The smallest absolute Gasteiger partial charge is 0.268 e. The molecule has 8 heteroatoms. The van der Waals surface area contributed by atoms with E-state index in [2.05, 4.69) is 4.90 Å². The molecule has 0 fully saturated rings. The molecule has 1 heterocycles. The number of anilines is 1. The number of benzene rings is 3. The predicted octanol–water partition coefficient (Wildman–Crippen LogP) is 4.20. The first-order chi connectivity index (χ1) is 16.3. The second-order valence-electron chi connectivity index (χ2n) is 8.22. The highest BCUT2D eigenvalue weighted by atomic mass is 35.5. The number of halogens is 2. The first-order valence-corrected chi connectivity index (χ1v) is 11.7. The van der Waals surface area contributed by atoms with Crippen LogP contribution in [0.25, 0.3) is 0 Å². The Morgan fingerprint density at radius 2 is 1.74 bits per heavy atom. The highest BCUT2D eigenvalue weighted by Gasteiger charge is 2.53. The van der Waals surface area contributed by atoms with Crippen LogP contribution < -0.4 is 10.6 Å². The molecule has 0 bridgehead atoms. The van der Waals surface area contributed by atoms with Gasteiger partial charge >= 0.3 is 0 Å². The van der Waals surface area contributed by atoms with E-state index in [0.717, 1.165) is 12.1 Å². The molecule has 0 radical (unpaired) electrons. The molecular weight excluding hydrogens is 473 g/mol. The second-order valence-corrected chi connectivity index (χ2v) is 9.03. The molecule has 1 unspecified atom stereocenters. The minimum absolute atomic E-state index is 0.0706. The summed E-state index contributed by atoms with van der Waals surface area (Å²) in [5.41, 5.74) is 5.50. The second kappa shape index (κ2) is 9.76. The van der Waals surface area contributed by atoms with Crippen molar-refractivity contribution in [2.24, 2.45) is 5.73 Å². The fraction of sp³-hybridized carbons (Fsp3) is 0.231. The molecule has 6 nitrogen and oxygen atoms in total. The van der Waals surface area contributed by atoms with Gasteiger partial charge in [0.2, 0.25) is 5.91 Å². The van der Waals surface area contributed by atoms with Crippen molar-refractivity contribution in [3.8, 4) is 0 Å². The van der Waals surface area contributed by atoms with Gasteiger partial charge in [-0.05, 0) is 30.3 Å². The lowest BCUT2D eigenvalue weighted by atomic mass is 9.87. The Bertz CT molecular complexity index is 1240. The molecule has 0 saturated carbocycles. The summed E-state index contributed by atoms with van der Waals surface area (Å²) in [6, 6.07) is 19.5. The molecule has 0 spiro atoms. The summed E-state index contributed by atoms with van der Waals surface area (Å²) in [7, 11) is 0. The Morgan fingerprint density at radius 1 is 1.06 bits per heavy atom. The number of fused-ring (bicyclic) bond motifs is 1. The third kappa shape index (κ3) is 4.30. The molecule has 34 heavy (non-hydrogen) atoms. The molecule has 3 aromatic rings. The van der Waals surface area contributed by atoms with Crippen LogP contribution in [0.15, 0.2) is 66.7 Å². The highest BCUT2D eigenvalue weighted by molar-refractivity contribution is 6.35. The van der Waals surface area contributed by atoms with Gasteiger partial charge in [0.15, 0.2) is 5.60 Å². The van der Waals surface area contributed by atoms with Gasteiger partial charge in [0.05, 0.1) is 10.7 Å². The summed E-state index contributed by atoms with van der Waals surface area (Å²) in [4.78, 5) is 29.3. The molecule has 3 N–H and O–H groups in total. The van der Waals surface area contributed by atoms with Crippen molar-refractivity contribution < 1.29 is 14.7 Å². The van der Waals surface area contributed by atoms with Gasteiger partial charge in [-0.25, -0.2) is 0 Å². The number of carbonyl (C=O) groups excluding carboxylic acids is 2. The molecule has 0 aromatic heterocycles. The van der Waals surface area contributed by atoms with E-state index in [1.807, 2.05) is 37.3 Å². The van der Waals surface area contributed by atoms with Gasteiger partial charge in [-0.1, -0.05) is 78.7 Å².